The van der Waals surface area contributed by atoms with E-state index in [0.29, 0.717) is 0 Å². The van der Waals surface area contributed by atoms with Crippen molar-refractivity contribution in [1.82, 2.24) is 0 Å². The minimum absolute atomic E-state index is 0.205. The second-order valence-corrected chi connectivity index (χ2v) is 5.89. The van der Waals surface area contributed by atoms with Gasteiger partial charge in [-0.15, -0.1) is 0 Å². The Morgan fingerprint density at radius 2 is 1.55 bits per heavy atom. The first-order valence-corrected chi connectivity index (χ1v) is 7.38. The molecule has 0 aliphatic carbocycles. The zero-order chi connectivity index (χ0) is 14.5. The van der Waals surface area contributed by atoms with Gasteiger partial charge in [-0.05, 0) is 67.0 Å². The van der Waals surface area contributed by atoms with Gasteiger partial charge in [0.2, 0.25) is 0 Å². The molecule has 0 aliphatic rings. The van der Waals surface area contributed by atoms with Gasteiger partial charge in [0.25, 0.3) is 0 Å². The number of hydrogen-bond acceptors (Lipinski definition) is 1. The fourth-order valence-corrected chi connectivity index (χ4v) is 2.74. The van der Waals surface area contributed by atoms with Crippen molar-refractivity contribution in [3.63, 3.8) is 0 Å². The lowest BCUT2D eigenvalue weighted by atomic mass is 9.89. The number of hydrogen-bond donors (Lipinski definition) is 1. The highest BCUT2D eigenvalue weighted by molar-refractivity contribution is 6.30. The summed E-state index contributed by atoms with van der Waals surface area (Å²) < 4.78 is 0. The summed E-state index contributed by atoms with van der Waals surface area (Å²) in [6.07, 6.45) is 1.79. The summed E-state index contributed by atoms with van der Waals surface area (Å²) in [4.78, 5) is 0. The van der Waals surface area contributed by atoms with Crippen molar-refractivity contribution in [2.45, 2.75) is 26.7 Å². The average molecular weight is 289 g/mol. The molecule has 0 radical (unpaired) electrons. The van der Waals surface area contributed by atoms with Gasteiger partial charge in [0.15, 0.2) is 0 Å². The fourth-order valence-electron chi connectivity index (χ4n) is 2.61. The third-order valence-corrected chi connectivity index (χ3v) is 4.09. The molecule has 2 aromatic rings. The summed E-state index contributed by atoms with van der Waals surface area (Å²) >= 11 is 5.90. The summed E-state index contributed by atoms with van der Waals surface area (Å²) in [6, 6.07) is 14.2. The van der Waals surface area contributed by atoms with Crippen LogP contribution in [0.4, 0.5) is 0 Å². The van der Waals surface area contributed by atoms with Gasteiger partial charge in [0.1, 0.15) is 0 Å². The Morgan fingerprint density at radius 3 is 2.10 bits per heavy atom. The Balaban J connectivity index is 2.11. The minimum Gasteiger partial charge on any atom is -0.396 e. The molecule has 2 heteroatoms. The second kappa shape index (κ2) is 6.92. The topological polar surface area (TPSA) is 20.2 Å². The Bertz CT molecular complexity index is 540. The predicted octanol–water partition coefficient (Wildman–Crippen LogP) is 4.35. The maximum atomic E-state index is 9.66. The molecule has 2 aromatic carbocycles. The first-order chi connectivity index (χ1) is 9.60. The molecule has 0 saturated carbocycles. The maximum absolute atomic E-state index is 9.66. The zero-order valence-corrected chi connectivity index (χ0v) is 12.8. The van der Waals surface area contributed by atoms with Crippen LogP contribution in [0, 0.1) is 19.8 Å². The van der Waals surface area contributed by atoms with Crippen molar-refractivity contribution in [3.8, 4) is 0 Å². The van der Waals surface area contributed by atoms with E-state index in [1.807, 2.05) is 24.3 Å². The Kier molecular flexibility index (Phi) is 5.22. The van der Waals surface area contributed by atoms with Crippen molar-refractivity contribution in [3.05, 3.63) is 69.7 Å². The van der Waals surface area contributed by atoms with Gasteiger partial charge in [0.05, 0.1) is 0 Å². The molecule has 0 bridgehead atoms. The first-order valence-electron chi connectivity index (χ1n) is 7.00. The van der Waals surface area contributed by atoms with Crippen molar-refractivity contribution >= 4 is 11.6 Å². The van der Waals surface area contributed by atoms with Crippen LogP contribution < -0.4 is 0 Å². The lowest BCUT2D eigenvalue weighted by molar-refractivity contribution is 0.224. The molecule has 1 N–H and O–H groups in total. The number of aryl methyl sites for hydroxylation is 2. The molecular formula is C18H21ClO. The van der Waals surface area contributed by atoms with Gasteiger partial charge in [-0.3, -0.25) is 0 Å². The van der Waals surface area contributed by atoms with E-state index in [1.54, 1.807) is 0 Å². The van der Waals surface area contributed by atoms with Crippen LogP contribution in [0.25, 0.3) is 0 Å². The van der Waals surface area contributed by atoms with E-state index in [-0.39, 0.29) is 12.5 Å². The lowest BCUT2D eigenvalue weighted by Crippen LogP contribution is -2.14. The number of aliphatic hydroxyl groups excluding tert-OH is 1. The molecule has 0 fully saturated rings. The van der Waals surface area contributed by atoms with Crippen LogP contribution in [0.2, 0.25) is 5.02 Å². The Hall–Kier alpha value is -1.31. The van der Waals surface area contributed by atoms with E-state index in [2.05, 4.69) is 32.0 Å². The number of rotatable bonds is 5. The second-order valence-electron chi connectivity index (χ2n) is 5.45. The predicted molar refractivity (Wildman–Crippen MR) is 85.4 cm³/mol. The van der Waals surface area contributed by atoms with E-state index in [9.17, 15) is 5.11 Å². The van der Waals surface area contributed by atoms with Gasteiger partial charge in [-0.25, -0.2) is 0 Å². The van der Waals surface area contributed by atoms with Crippen LogP contribution in [-0.4, -0.2) is 11.7 Å². The Morgan fingerprint density at radius 1 is 0.950 bits per heavy atom. The molecule has 0 spiro atoms. The molecule has 106 valence electrons. The number of halogens is 1. The zero-order valence-electron chi connectivity index (χ0n) is 12.1. The van der Waals surface area contributed by atoms with E-state index in [0.717, 1.165) is 17.9 Å². The average Bonchev–Trinajstić information content (AvgIpc) is 2.44. The molecule has 0 amide bonds. The van der Waals surface area contributed by atoms with Crippen molar-refractivity contribution in [2.75, 3.05) is 6.61 Å². The summed E-state index contributed by atoms with van der Waals surface area (Å²) in [5.74, 6) is 0.246. The highest BCUT2D eigenvalue weighted by Crippen LogP contribution is 2.21. The number of aliphatic hydroxyl groups is 1. The normalized spacial score (nSPS) is 12.4. The molecular weight excluding hydrogens is 268 g/mol. The molecule has 2 rings (SSSR count). The highest BCUT2D eigenvalue weighted by atomic mass is 35.5. The van der Waals surface area contributed by atoms with Gasteiger partial charge >= 0.3 is 0 Å². The van der Waals surface area contributed by atoms with Crippen LogP contribution in [-0.2, 0) is 12.8 Å². The summed E-state index contributed by atoms with van der Waals surface area (Å²) in [5, 5.41) is 10.4. The SMILES string of the molecule is Cc1cccc(C)c1CC(CO)Cc1ccc(Cl)cc1. The van der Waals surface area contributed by atoms with E-state index in [1.165, 1.54) is 22.3 Å². The fraction of sp³-hybridized carbons (Fsp3) is 0.333. The maximum Gasteiger partial charge on any atom is 0.0465 e. The third-order valence-electron chi connectivity index (χ3n) is 3.83. The van der Waals surface area contributed by atoms with Gasteiger partial charge in [-0.1, -0.05) is 41.9 Å². The van der Waals surface area contributed by atoms with Crippen LogP contribution >= 0.6 is 11.6 Å². The Labute approximate surface area is 126 Å². The van der Waals surface area contributed by atoms with E-state index in [4.69, 9.17) is 11.6 Å². The van der Waals surface area contributed by atoms with Gasteiger partial charge < -0.3 is 5.11 Å². The molecule has 0 aromatic heterocycles. The highest BCUT2D eigenvalue weighted by Gasteiger charge is 2.12. The van der Waals surface area contributed by atoms with E-state index < -0.39 is 0 Å². The van der Waals surface area contributed by atoms with Gasteiger partial charge in [0, 0.05) is 11.6 Å². The molecule has 1 atom stereocenters. The van der Waals surface area contributed by atoms with Crippen molar-refractivity contribution in [1.29, 1.82) is 0 Å². The summed E-state index contributed by atoms with van der Waals surface area (Å²) in [6.45, 7) is 4.48. The summed E-state index contributed by atoms with van der Waals surface area (Å²) in [7, 11) is 0. The van der Waals surface area contributed by atoms with E-state index >= 15 is 0 Å². The van der Waals surface area contributed by atoms with Crippen LogP contribution in [0.1, 0.15) is 22.3 Å². The lowest BCUT2D eigenvalue weighted by Gasteiger charge is -2.17. The monoisotopic (exact) mass is 288 g/mol. The molecule has 0 heterocycles. The quantitative estimate of drug-likeness (QED) is 0.867. The minimum atomic E-state index is 0.205. The first kappa shape index (κ1) is 15.1. The van der Waals surface area contributed by atoms with Gasteiger partial charge in [-0.2, -0.15) is 0 Å². The number of benzene rings is 2. The standard InChI is InChI=1S/C18H21ClO/c1-13-4-3-5-14(2)18(13)11-16(12-20)10-15-6-8-17(19)9-7-15/h3-9,16,20H,10-12H2,1-2H3. The van der Waals surface area contributed by atoms with Crippen LogP contribution in [0.5, 0.6) is 0 Å². The van der Waals surface area contributed by atoms with Crippen molar-refractivity contribution < 1.29 is 5.11 Å². The molecule has 0 saturated heterocycles. The smallest absolute Gasteiger partial charge is 0.0465 e. The third kappa shape index (κ3) is 3.84. The molecule has 1 nitrogen and oxygen atoms in total. The molecule has 1 unspecified atom stereocenters. The largest absolute Gasteiger partial charge is 0.396 e. The molecule has 20 heavy (non-hydrogen) atoms. The van der Waals surface area contributed by atoms with Crippen molar-refractivity contribution in [2.24, 2.45) is 5.92 Å². The summed E-state index contributed by atoms with van der Waals surface area (Å²) in [5.41, 5.74) is 5.19. The van der Waals surface area contributed by atoms with Crippen LogP contribution in [0.3, 0.4) is 0 Å². The van der Waals surface area contributed by atoms with Crippen LogP contribution in [0.15, 0.2) is 42.5 Å². The molecule has 0 aliphatic heterocycles.